The van der Waals surface area contributed by atoms with Gasteiger partial charge in [0, 0.05) is 13.1 Å². The number of ether oxygens (including phenoxy) is 1. The van der Waals surface area contributed by atoms with Crippen LogP contribution in [0.15, 0.2) is 0 Å². The molecule has 8 nitrogen and oxygen atoms in total. The van der Waals surface area contributed by atoms with Gasteiger partial charge in [-0.3, -0.25) is 10.1 Å². The summed E-state index contributed by atoms with van der Waals surface area (Å²) >= 11 is 0. The number of rotatable bonds is 4. The third-order valence-corrected chi connectivity index (χ3v) is 2.81. The molecule has 1 aliphatic rings. The molecule has 0 bridgehead atoms. The topological polar surface area (TPSA) is 85.2 Å². The highest BCUT2D eigenvalue weighted by Crippen LogP contribution is 2.01. The Balaban J connectivity index is 1.79. The summed E-state index contributed by atoms with van der Waals surface area (Å²) in [5.74, 6) is 0.668. The number of morpholine rings is 1. The maximum absolute atomic E-state index is 12.1. The van der Waals surface area contributed by atoms with E-state index in [0.717, 1.165) is 0 Å². The van der Waals surface area contributed by atoms with Crippen LogP contribution >= 0.6 is 0 Å². The molecule has 2 heterocycles. The van der Waals surface area contributed by atoms with Crippen molar-refractivity contribution in [2.45, 2.75) is 19.5 Å². The lowest BCUT2D eigenvalue weighted by Crippen LogP contribution is -2.49. The fourth-order valence-corrected chi connectivity index (χ4v) is 1.78. The maximum Gasteiger partial charge on any atom is 0.239 e. The molecular formula is C10H18N6O2. The van der Waals surface area contributed by atoms with Crippen LogP contribution in [-0.4, -0.2) is 63.4 Å². The molecule has 0 aromatic carbocycles. The molecule has 8 heteroatoms. The van der Waals surface area contributed by atoms with Crippen LogP contribution in [0, 0.1) is 0 Å². The molecule has 1 aromatic rings. The van der Waals surface area contributed by atoms with Crippen LogP contribution in [0.5, 0.6) is 0 Å². The Morgan fingerprint density at radius 3 is 2.83 bits per heavy atom. The van der Waals surface area contributed by atoms with E-state index < -0.39 is 0 Å². The van der Waals surface area contributed by atoms with Crippen LogP contribution in [-0.2, 0) is 23.1 Å². The van der Waals surface area contributed by atoms with Gasteiger partial charge in [-0.2, -0.15) is 4.80 Å². The molecule has 1 N–H and O–H groups in total. The number of carbonyl (C=O) groups is 1. The normalized spacial score (nSPS) is 17.8. The van der Waals surface area contributed by atoms with Crippen molar-refractivity contribution < 1.29 is 9.53 Å². The van der Waals surface area contributed by atoms with Crippen molar-refractivity contribution in [3.8, 4) is 0 Å². The number of tetrazole rings is 1. The highest BCUT2D eigenvalue weighted by molar-refractivity contribution is 5.81. The van der Waals surface area contributed by atoms with Crippen LogP contribution in [0.3, 0.4) is 0 Å². The lowest BCUT2D eigenvalue weighted by molar-refractivity contribution is -0.137. The summed E-state index contributed by atoms with van der Waals surface area (Å²) in [6.07, 6.45) is 0. The van der Waals surface area contributed by atoms with Crippen LogP contribution in [0.25, 0.3) is 0 Å². The minimum atomic E-state index is -0.257. The Hall–Kier alpha value is -1.54. The first-order chi connectivity index (χ1) is 8.66. The van der Waals surface area contributed by atoms with Gasteiger partial charge in [0.1, 0.15) is 0 Å². The third-order valence-electron chi connectivity index (χ3n) is 2.81. The van der Waals surface area contributed by atoms with Gasteiger partial charge in [0.2, 0.25) is 5.91 Å². The average Bonchev–Trinajstić information content (AvgIpc) is 2.82. The summed E-state index contributed by atoms with van der Waals surface area (Å²) in [5.41, 5.74) is 0. The van der Waals surface area contributed by atoms with Crippen molar-refractivity contribution in [2.75, 3.05) is 26.3 Å². The van der Waals surface area contributed by atoms with E-state index in [-0.39, 0.29) is 11.9 Å². The molecular weight excluding hydrogens is 236 g/mol. The van der Waals surface area contributed by atoms with Crippen molar-refractivity contribution >= 4 is 5.91 Å². The van der Waals surface area contributed by atoms with Gasteiger partial charge >= 0.3 is 0 Å². The second-order valence-corrected chi connectivity index (χ2v) is 4.24. The number of hydrogen-bond acceptors (Lipinski definition) is 6. The quantitative estimate of drug-likeness (QED) is 0.707. The van der Waals surface area contributed by atoms with Gasteiger partial charge < -0.3 is 9.64 Å². The molecule has 1 atom stereocenters. The van der Waals surface area contributed by atoms with Gasteiger partial charge in [-0.05, 0) is 12.1 Å². The van der Waals surface area contributed by atoms with Crippen LogP contribution in [0.2, 0.25) is 0 Å². The smallest absolute Gasteiger partial charge is 0.239 e. The van der Waals surface area contributed by atoms with Gasteiger partial charge in [0.05, 0.1) is 32.8 Å². The molecule has 2 rings (SSSR count). The Morgan fingerprint density at radius 1 is 1.50 bits per heavy atom. The summed E-state index contributed by atoms with van der Waals surface area (Å²) in [6.45, 7) is 4.83. The molecule has 100 valence electrons. The zero-order chi connectivity index (χ0) is 13.0. The standard InChI is InChI=1S/C10H18N6O2/c1-8(10(17)16-3-5-18-6-4-16)11-7-9-12-14-15(2)13-9/h8,11H,3-7H2,1-2H3. The van der Waals surface area contributed by atoms with Gasteiger partial charge in [-0.1, -0.05) is 0 Å². The first-order valence-electron chi connectivity index (χ1n) is 5.99. The minimum Gasteiger partial charge on any atom is -0.378 e. The Labute approximate surface area is 105 Å². The summed E-state index contributed by atoms with van der Waals surface area (Å²) in [4.78, 5) is 15.3. The first-order valence-corrected chi connectivity index (χ1v) is 5.99. The van der Waals surface area contributed by atoms with Crippen molar-refractivity contribution in [1.82, 2.24) is 30.4 Å². The number of carbonyl (C=O) groups excluding carboxylic acids is 1. The Morgan fingerprint density at radius 2 is 2.22 bits per heavy atom. The van der Waals surface area contributed by atoms with Crippen LogP contribution < -0.4 is 5.32 Å². The second kappa shape index (κ2) is 5.87. The molecule has 1 amide bonds. The molecule has 1 aromatic heterocycles. The van der Waals surface area contributed by atoms with Crippen molar-refractivity contribution in [3.63, 3.8) is 0 Å². The SMILES string of the molecule is CC(NCc1nnn(C)n1)C(=O)N1CCOCC1. The molecule has 0 spiro atoms. The number of nitrogens with one attached hydrogen (secondary N) is 1. The molecule has 1 aliphatic heterocycles. The van der Waals surface area contributed by atoms with E-state index in [0.29, 0.717) is 38.7 Å². The predicted molar refractivity (Wildman–Crippen MR) is 62.5 cm³/mol. The highest BCUT2D eigenvalue weighted by Gasteiger charge is 2.22. The molecule has 1 unspecified atom stereocenters. The lowest BCUT2D eigenvalue weighted by Gasteiger charge is -2.29. The number of nitrogens with zero attached hydrogens (tertiary/aromatic N) is 5. The lowest BCUT2D eigenvalue weighted by atomic mass is 10.2. The largest absolute Gasteiger partial charge is 0.378 e. The second-order valence-electron chi connectivity index (χ2n) is 4.24. The van der Waals surface area contributed by atoms with Crippen LogP contribution in [0.4, 0.5) is 0 Å². The maximum atomic E-state index is 12.1. The highest BCUT2D eigenvalue weighted by atomic mass is 16.5. The molecule has 1 saturated heterocycles. The molecule has 0 saturated carbocycles. The van der Waals surface area contributed by atoms with E-state index in [1.54, 1.807) is 7.05 Å². The number of aryl methyl sites for hydroxylation is 1. The van der Waals surface area contributed by atoms with Crippen molar-refractivity contribution in [2.24, 2.45) is 7.05 Å². The summed E-state index contributed by atoms with van der Waals surface area (Å²) in [5, 5.41) is 14.7. The summed E-state index contributed by atoms with van der Waals surface area (Å²) < 4.78 is 5.22. The van der Waals surface area contributed by atoms with E-state index in [9.17, 15) is 4.79 Å². The number of hydrogen-bond donors (Lipinski definition) is 1. The summed E-state index contributed by atoms with van der Waals surface area (Å²) in [6, 6.07) is -0.257. The van der Waals surface area contributed by atoms with Gasteiger partial charge in [-0.15, -0.1) is 10.2 Å². The zero-order valence-corrected chi connectivity index (χ0v) is 10.7. The van der Waals surface area contributed by atoms with E-state index in [1.807, 2.05) is 11.8 Å². The monoisotopic (exact) mass is 254 g/mol. The van der Waals surface area contributed by atoms with Gasteiger partial charge in [0.15, 0.2) is 5.82 Å². The van der Waals surface area contributed by atoms with E-state index in [1.165, 1.54) is 4.80 Å². The van der Waals surface area contributed by atoms with Crippen molar-refractivity contribution in [1.29, 1.82) is 0 Å². The first kappa shape index (κ1) is 12.9. The van der Waals surface area contributed by atoms with E-state index in [2.05, 4.69) is 20.7 Å². The van der Waals surface area contributed by atoms with Gasteiger partial charge in [-0.25, -0.2) is 0 Å². The molecule has 0 radical (unpaired) electrons. The Kier molecular flexibility index (Phi) is 4.21. The summed E-state index contributed by atoms with van der Waals surface area (Å²) in [7, 11) is 1.71. The van der Waals surface area contributed by atoms with E-state index >= 15 is 0 Å². The van der Waals surface area contributed by atoms with E-state index in [4.69, 9.17) is 4.74 Å². The van der Waals surface area contributed by atoms with Crippen LogP contribution in [0.1, 0.15) is 12.7 Å². The third kappa shape index (κ3) is 3.23. The van der Waals surface area contributed by atoms with Crippen molar-refractivity contribution in [3.05, 3.63) is 5.82 Å². The minimum absolute atomic E-state index is 0.0854. The molecule has 1 fully saturated rings. The zero-order valence-electron chi connectivity index (χ0n) is 10.7. The molecule has 18 heavy (non-hydrogen) atoms. The Bertz CT molecular complexity index is 401. The fourth-order valence-electron chi connectivity index (χ4n) is 1.78. The average molecular weight is 254 g/mol. The number of aromatic nitrogens is 4. The predicted octanol–water partition coefficient (Wildman–Crippen LogP) is -1.45. The fraction of sp³-hybridized carbons (Fsp3) is 0.800. The molecule has 0 aliphatic carbocycles. The van der Waals surface area contributed by atoms with Gasteiger partial charge in [0.25, 0.3) is 0 Å². The number of amides is 1.